The monoisotopic (exact) mass is 397 g/mol. The predicted molar refractivity (Wildman–Crippen MR) is 111 cm³/mol. The van der Waals surface area contributed by atoms with Gasteiger partial charge in [-0.1, -0.05) is 20.3 Å². The first kappa shape index (κ1) is 20.1. The van der Waals surface area contributed by atoms with Crippen molar-refractivity contribution in [3.05, 3.63) is 34.9 Å². The quantitative estimate of drug-likeness (QED) is 0.651. The number of fused-ring (bicyclic) bond motifs is 1. The molecule has 5 nitrogen and oxygen atoms in total. The molecule has 3 aliphatic rings. The molecule has 2 aliphatic carbocycles. The van der Waals surface area contributed by atoms with Crippen LogP contribution in [0.25, 0.3) is 0 Å². The van der Waals surface area contributed by atoms with Crippen molar-refractivity contribution in [3.8, 4) is 0 Å². The number of furan rings is 1. The molecule has 0 amide bonds. The van der Waals surface area contributed by atoms with Crippen LogP contribution < -0.4 is 0 Å². The summed E-state index contributed by atoms with van der Waals surface area (Å²) in [6, 6.07) is 3.77. The Hall–Kier alpha value is -2.17. The lowest BCUT2D eigenvalue weighted by Crippen LogP contribution is -2.44. The Morgan fingerprint density at radius 3 is 2.48 bits per heavy atom. The molecule has 1 aromatic rings. The highest BCUT2D eigenvalue weighted by molar-refractivity contribution is 6.12. The number of esters is 1. The molecule has 2 atom stereocenters. The van der Waals surface area contributed by atoms with Crippen LogP contribution in [-0.4, -0.2) is 23.6 Å². The molecular weight excluding hydrogens is 366 g/mol. The molecule has 0 radical (unpaired) electrons. The number of aryl methyl sites for hydroxylation is 1. The number of nitrogens with zero attached hydrogens (tertiary/aromatic N) is 1. The zero-order chi connectivity index (χ0) is 20.8. The number of carbonyl (C=O) groups is 2. The highest BCUT2D eigenvalue weighted by atomic mass is 16.5. The van der Waals surface area contributed by atoms with Gasteiger partial charge in [0.1, 0.15) is 23.4 Å². The van der Waals surface area contributed by atoms with E-state index in [1.165, 1.54) is 6.42 Å². The number of ketones is 1. The predicted octanol–water partition coefficient (Wildman–Crippen LogP) is 5.28. The van der Waals surface area contributed by atoms with Crippen molar-refractivity contribution in [1.82, 2.24) is 0 Å². The van der Waals surface area contributed by atoms with Crippen molar-refractivity contribution in [2.75, 3.05) is 0 Å². The summed E-state index contributed by atoms with van der Waals surface area (Å²) in [6.45, 7) is 7.93. The number of hydrogen-bond donors (Lipinski definition) is 0. The van der Waals surface area contributed by atoms with Crippen LogP contribution in [0.15, 0.2) is 32.8 Å². The third-order valence-corrected chi connectivity index (χ3v) is 6.48. The molecule has 2 saturated carbocycles. The van der Waals surface area contributed by atoms with E-state index >= 15 is 0 Å². The molecule has 1 unspecified atom stereocenters. The molecule has 0 aromatic carbocycles. The summed E-state index contributed by atoms with van der Waals surface area (Å²) in [6.07, 6.45) is 6.40. The Morgan fingerprint density at radius 1 is 1.10 bits per heavy atom. The van der Waals surface area contributed by atoms with Crippen LogP contribution in [0, 0.1) is 18.3 Å². The van der Waals surface area contributed by atoms with E-state index in [0.29, 0.717) is 23.5 Å². The summed E-state index contributed by atoms with van der Waals surface area (Å²) >= 11 is 0. The number of aliphatic imine (C=N–C) groups is 1. The van der Waals surface area contributed by atoms with Gasteiger partial charge in [-0.15, -0.1) is 0 Å². The van der Waals surface area contributed by atoms with Crippen molar-refractivity contribution in [3.63, 3.8) is 0 Å². The van der Waals surface area contributed by atoms with Crippen LogP contribution in [0.4, 0.5) is 0 Å². The maximum atomic E-state index is 13.3. The van der Waals surface area contributed by atoms with E-state index in [9.17, 15) is 9.59 Å². The fourth-order valence-corrected chi connectivity index (χ4v) is 5.18. The van der Waals surface area contributed by atoms with E-state index in [0.717, 1.165) is 43.6 Å². The zero-order valence-corrected chi connectivity index (χ0v) is 17.9. The van der Waals surface area contributed by atoms with E-state index in [2.05, 4.69) is 13.8 Å². The minimum atomic E-state index is -0.448. The largest absolute Gasteiger partial charge is 0.466 e. The lowest BCUT2D eigenvalue weighted by molar-refractivity contribution is -0.146. The summed E-state index contributed by atoms with van der Waals surface area (Å²) in [5, 5.41) is 0. The molecule has 2 heterocycles. The number of rotatable bonds is 3. The smallest absolute Gasteiger partial charge is 0.336 e. The minimum Gasteiger partial charge on any atom is -0.466 e. The fourth-order valence-electron chi connectivity index (χ4n) is 5.18. The lowest BCUT2D eigenvalue weighted by Gasteiger charge is -2.40. The Kier molecular flexibility index (Phi) is 5.26. The summed E-state index contributed by atoms with van der Waals surface area (Å²) in [5.74, 6) is 0.332. The molecule has 1 aromatic heterocycles. The van der Waals surface area contributed by atoms with Gasteiger partial charge in [0, 0.05) is 17.8 Å². The summed E-state index contributed by atoms with van der Waals surface area (Å²) in [4.78, 5) is 31.2. The molecule has 0 spiro atoms. The Morgan fingerprint density at radius 2 is 1.83 bits per heavy atom. The lowest BCUT2D eigenvalue weighted by atomic mass is 9.64. The Balaban J connectivity index is 1.74. The molecule has 5 heteroatoms. The van der Waals surface area contributed by atoms with Gasteiger partial charge < -0.3 is 9.15 Å². The van der Waals surface area contributed by atoms with Gasteiger partial charge in [0.25, 0.3) is 0 Å². The summed E-state index contributed by atoms with van der Waals surface area (Å²) < 4.78 is 11.8. The Labute approximate surface area is 172 Å². The molecule has 2 fully saturated rings. The average molecular weight is 398 g/mol. The fraction of sp³-hybridized carbons (Fsp3) is 0.625. The van der Waals surface area contributed by atoms with Crippen molar-refractivity contribution < 1.29 is 18.7 Å². The van der Waals surface area contributed by atoms with E-state index in [4.69, 9.17) is 14.1 Å². The highest BCUT2D eigenvalue weighted by Gasteiger charge is 2.49. The first-order chi connectivity index (χ1) is 13.7. The van der Waals surface area contributed by atoms with E-state index < -0.39 is 11.8 Å². The number of allylic oxidation sites excluding steroid dienone is 1. The van der Waals surface area contributed by atoms with Crippen LogP contribution in [0.1, 0.15) is 83.2 Å². The van der Waals surface area contributed by atoms with Gasteiger partial charge in [-0.3, -0.25) is 9.79 Å². The second-order valence-electron chi connectivity index (χ2n) is 9.66. The molecule has 0 bridgehead atoms. The van der Waals surface area contributed by atoms with Crippen LogP contribution in [0.2, 0.25) is 0 Å². The van der Waals surface area contributed by atoms with Gasteiger partial charge in [-0.25, -0.2) is 4.79 Å². The Bertz CT molecular complexity index is 882. The van der Waals surface area contributed by atoms with Crippen LogP contribution in [-0.2, 0) is 14.3 Å². The minimum absolute atomic E-state index is 0.0399. The van der Waals surface area contributed by atoms with Crippen molar-refractivity contribution in [2.24, 2.45) is 16.3 Å². The number of ether oxygens (including phenoxy) is 1. The average Bonchev–Trinajstić information content (AvgIpc) is 3.06. The van der Waals surface area contributed by atoms with Gasteiger partial charge in [0.15, 0.2) is 0 Å². The number of Topliss-reactive ketones (excluding diaryl/α,β-unsaturated/α-hetero) is 1. The van der Waals surface area contributed by atoms with Gasteiger partial charge >= 0.3 is 5.97 Å². The second kappa shape index (κ2) is 7.58. The highest BCUT2D eigenvalue weighted by Crippen LogP contribution is 2.47. The third-order valence-electron chi connectivity index (χ3n) is 6.48. The number of hydrogen-bond acceptors (Lipinski definition) is 5. The molecular formula is C24H31NO4. The summed E-state index contributed by atoms with van der Waals surface area (Å²) in [5.41, 5.74) is 1.90. The molecule has 156 valence electrons. The third kappa shape index (κ3) is 3.96. The van der Waals surface area contributed by atoms with Crippen LogP contribution >= 0.6 is 0 Å². The van der Waals surface area contributed by atoms with Gasteiger partial charge in [0.2, 0.25) is 0 Å². The van der Waals surface area contributed by atoms with Crippen molar-refractivity contribution in [1.29, 1.82) is 0 Å². The molecule has 4 rings (SSSR count). The first-order valence-electron chi connectivity index (χ1n) is 10.8. The number of carbonyl (C=O) groups excluding carboxylic acids is 2. The van der Waals surface area contributed by atoms with Gasteiger partial charge in [0.05, 0.1) is 17.4 Å². The maximum absolute atomic E-state index is 13.3. The van der Waals surface area contributed by atoms with Gasteiger partial charge in [-0.05, 0) is 63.5 Å². The SMILES string of the molecule is CC1=C(C(=O)OC2CCCCC2)[C@@H](c2ccc(C)o2)C2C(=O)CC(C)(C)CC2=N1. The molecule has 29 heavy (non-hydrogen) atoms. The summed E-state index contributed by atoms with van der Waals surface area (Å²) in [7, 11) is 0. The normalized spacial score (nSPS) is 27.4. The topological polar surface area (TPSA) is 68.9 Å². The second-order valence-corrected chi connectivity index (χ2v) is 9.66. The van der Waals surface area contributed by atoms with E-state index in [-0.39, 0.29) is 23.3 Å². The van der Waals surface area contributed by atoms with Crippen molar-refractivity contribution >= 4 is 17.5 Å². The van der Waals surface area contributed by atoms with E-state index in [1.807, 2.05) is 26.0 Å². The maximum Gasteiger partial charge on any atom is 0.336 e. The van der Waals surface area contributed by atoms with Gasteiger partial charge in [-0.2, -0.15) is 0 Å². The van der Waals surface area contributed by atoms with Crippen LogP contribution in [0.5, 0.6) is 0 Å². The van der Waals surface area contributed by atoms with E-state index in [1.54, 1.807) is 0 Å². The first-order valence-corrected chi connectivity index (χ1v) is 10.8. The van der Waals surface area contributed by atoms with Crippen molar-refractivity contribution in [2.45, 2.75) is 84.7 Å². The molecule has 1 aliphatic heterocycles. The molecule has 0 saturated heterocycles. The zero-order valence-electron chi connectivity index (χ0n) is 17.9. The van der Waals surface area contributed by atoms with Crippen LogP contribution in [0.3, 0.4) is 0 Å². The molecule has 0 N–H and O–H groups in total. The standard InChI is InChI=1S/C24H31NO4/c1-14-10-11-19(28-14)22-20(23(27)29-16-8-6-5-7-9-16)15(2)25-17-12-24(3,4)13-18(26)21(17)22/h10-11,16,21-22H,5-9,12-13H2,1-4H3/t21?,22-/m1/s1.